The number of allylic oxidation sites excluding steroid dienone is 2. The van der Waals surface area contributed by atoms with Gasteiger partial charge in [-0.25, -0.2) is 0 Å². The van der Waals surface area contributed by atoms with Crippen LogP contribution in [-0.2, 0) is 95.2 Å². The number of ether oxygens (including phenoxy) is 12. The van der Waals surface area contributed by atoms with Crippen LogP contribution in [0, 0.1) is 50.2 Å². The normalized spacial score (nSPS) is 36.7. The van der Waals surface area contributed by atoms with E-state index in [4.69, 9.17) is 56.8 Å². The van der Waals surface area contributed by atoms with E-state index in [2.05, 4.69) is 54.5 Å². The number of carbonyl (C=O) groups is 8. The molecule has 2 aromatic carbocycles. The Bertz CT molecular complexity index is 2960. The summed E-state index contributed by atoms with van der Waals surface area (Å²) >= 11 is 0. The molecule has 0 bridgehead atoms. The first-order chi connectivity index (χ1) is 41.8. The van der Waals surface area contributed by atoms with Gasteiger partial charge in [-0.05, 0) is 120 Å². The van der Waals surface area contributed by atoms with Crippen LogP contribution in [0.15, 0.2) is 72.3 Å². The van der Waals surface area contributed by atoms with Gasteiger partial charge in [-0.2, -0.15) is 0 Å². The number of rotatable bonds is 17. The highest BCUT2D eigenvalue weighted by Gasteiger charge is 2.70. The molecule has 6 fully saturated rings. The molecule has 0 amide bonds. The quantitative estimate of drug-likeness (QED) is 0.0618. The van der Waals surface area contributed by atoms with E-state index in [1.54, 1.807) is 0 Å². The van der Waals surface area contributed by atoms with Crippen molar-refractivity contribution in [2.45, 2.75) is 235 Å². The van der Waals surface area contributed by atoms with Gasteiger partial charge >= 0.3 is 47.8 Å². The summed E-state index contributed by atoms with van der Waals surface area (Å²) in [7, 11) is 0. The molecule has 9 rings (SSSR count). The molecule has 2 aliphatic heterocycles. The molecule has 0 spiro atoms. The molecule has 20 heteroatoms. The Balaban J connectivity index is 1.00. The van der Waals surface area contributed by atoms with Crippen molar-refractivity contribution in [1.82, 2.24) is 0 Å². The van der Waals surface area contributed by atoms with Gasteiger partial charge < -0.3 is 56.8 Å². The molecular formula is C69H92O20. The highest BCUT2D eigenvalue weighted by atomic mass is 16.8. The molecule has 20 nitrogen and oxygen atoms in total. The average molecular weight is 1240 g/mol. The predicted molar refractivity (Wildman–Crippen MR) is 318 cm³/mol. The van der Waals surface area contributed by atoms with E-state index in [0.717, 1.165) is 110 Å². The first-order valence-corrected chi connectivity index (χ1v) is 31.6. The van der Waals surface area contributed by atoms with Crippen LogP contribution in [0.4, 0.5) is 0 Å². The summed E-state index contributed by atoms with van der Waals surface area (Å²) in [5.74, 6) is -5.39. The lowest BCUT2D eigenvalue weighted by atomic mass is 9.33. The van der Waals surface area contributed by atoms with Gasteiger partial charge in [-0.1, -0.05) is 121 Å². The van der Waals surface area contributed by atoms with Crippen LogP contribution >= 0.6 is 0 Å². The first-order valence-electron chi connectivity index (χ1n) is 31.6. The molecule has 0 unspecified atom stereocenters. The molecule has 488 valence electrons. The Morgan fingerprint density at radius 2 is 1.00 bits per heavy atom. The SMILES string of the molecule is CC(=O)OC[C@H]1O[C@@H](OC[C@H]2O[C@@H](O[C@H]3CC[C@]4(C)[C@H]5CC=C6[C@@H]7CC(C)(C)CC[C@]7(C(=O)OC(c7ccccc7)c7ccccc7)CC[C@@]6(C)[C@]5(C)CC[C@H]4C3(C)C)[C@H](OC(C)=O)[C@@H](OC(C)=O)[C@@H]2OC(C)=O)[C@H](OC(C)=O)[C@@H](OC(C)=O)[C@@H]1OC(C)=O. The van der Waals surface area contributed by atoms with Crippen molar-refractivity contribution in [3.05, 3.63) is 83.4 Å². The van der Waals surface area contributed by atoms with E-state index in [9.17, 15) is 33.6 Å². The van der Waals surface area contributed by atoms with Gasteiger partial charge in [-0.3, -0.25) is 38.4 Å². The summed E-state index contributed by atoms with van der Waals surface area (Å²) in [4.78, 5) is 105. The van der Waals surface area contributed by atoms with E-state index >= 15 is 4.79 Å². The molecule has 7 aliphatic rings. The molecular weight excluding hydrogens is 1150 g/mol. The summed E-state index contributed by atoms with van der Waals surface area (Å²) in [5, 5.41) is 0. The Labute approximate surface area is 522 Å². The van der Waals surface area contributed by atoms with E-state index in [0.29, 0.717) is 6.42 Å². The Kier molecular flexibility index (Phi) is 19.8. The monoisotopic (exact) mass is 1240 g/mol. The van der Waals surface area contributed by atoms with Crippen molar-refractivity contribution in [2.75, 3.05) is 13.2 Å². The maximum absolute atomic E-state index is 15.4. The largest absolute Gasteiger partial charge is 0.463 e. The van der Waals surface area contributed by atoms with Crippen LogP contribution in [0.2, 0.25) is 0 Å². The maximum Gasteiger partial charge on any atom is 0.313 e. The number of esters is 8. The molecule has 0 aromatic heterocycles. The lowest BCUT2D eigenvalue weighted by molar-refractivity contribution is -0.347. The number of hydrogen-bond donors (Lipinski definition) is 0. The second kappa shape index (κ2) is 26.2. The minimum absolute atomic E-state index is 0.00633. The zero-order valence-electron chi connectivity index (χ0n) is 54.2. The van der Waals surface area contributed by atoms with Gasteiger partial charge in [0.15, 0.2) is 55.3 Å². The van der Waals surface area contributed by atoms with Crippen molar-refractivity contribution in [3.63, 3.8) is 0 Å². The number of benzene rings is 2. The Morgan fingerprint density at radius 3 is 1.53 bits per heavy atom. The number of hydrogen-bond acceptors (Lipinski definition) is 20. The summed E-state index contributed by atoms with van der Waals surface area (Å²) in [6.45, 7) is 23.3. The van der Waals surface area contributed by atoms with Crippen molar-refractivity contribution < 1.29 is 95.2 Å². The van der Waals surface area contributed by atoms with Gasteiger partial charge in [0.25, 0.3) is 0 Å². The first kappa shape index (κ1) is 67.2. The third-order valence-corrected chi connectivity index (χ3v) is 21.6. The molecule has 89 heavy (non-hydrogen) atoms. The van der Waals surface area contributed by atoms with Crippen LogP contribution in [0.3, 0.4) is 0 Å². The highest BCUT2D eigenvalue weighted by molar-refractivity contribution is 5.79. The minimum Gasteiger partial charge on any atom is -0.463 e. The molecule has 5 aliphatic carbocycles. The standard InChI is InChI=1S/C69H92O20/c1-38(70)78-36-49-55(80-39(2)71)57(82-41(4)73)59(84-43(6)75)61(86-49)79-37-50-56(81-40(3)72)58(83-42(5)74)60(85-44(7)76)62(87-50)88-53-28-29-66(12)51(65(53,10)11)27-30-68(14)52(66)26-25-47-48-35-64(8,9)31-33-69(48,34-32-67(47,68)13)63(77)89-54(45-21-17-15-18-22-45)46-23-19-16-20-24-46/h15-25,48-62H,26-37H2,1-14H3/t48-,49+,50+,51-,52+,53-,55+,56+,57-,58-,59+,60+,61+,62-,66-,67+,68+,69-/m0/s1. The van der Waals surface area contributed by atoms with Crippen LogP contribution < -0.4 is 0 Å². The molecule has 2 aromatic rings. The molecule has 2 saturated heterocycles. The lowest BCUT2D eigenvalue weighted by Gasteiger charge is -2.71. The van der Waals surface area contributed by atoms with E-state index in [-0.39, 0.29) is 45.4 Å². The summed E-state index contributed by atoms with van der Waals surface area (Å²) in [6.07, 6.45) is -5.52. The third-order valence-electron chi connectivity index (χ3n) is 21.6. The number of carbonyl (C=O) groups excluding carboxylic acids is 8. The topological polar surface area (TPSA) is 247 Å². The minimum atomic E-state index is -1.67. The smallest absolute Gasteiger partial charge is 0.313 e. The highest BCUT2D eigenvalue weighted by Crippen LogP contribution is 2.76. The Morgan fingerprint density at radius 1 is 0.517 bits per heavy atom. The van der Waals surface area contributed by atoms with Crippen LogP contribution in [-0.4, -0.2) is 128 Å². The van der Waals surface area contributed by atoms with Gasteiger partial charge in [0.2, 0.25) is 0 Å². The van der Waals surface area contributed by atoms with Crippen molar-refractivity contribution >= 4 is 47.8 Å². The van der Waals surface area contributed by atoms with Crippen LogP contribution in [0.5, 0.6) is 0 Å². The molecule has 18 atom stereocenters. The zero-order valence-corrected chi connectivity index (χ0v) is 54.2. The second-order valence-electron chi connectivity index (χ2n) is 28.1. The van der Waals surface area contributed by atoms with Crippen LogP contribution in [0.1, 0.15) is 178 Å². The fraction of sp³-hybridized carbons (Fsp3) is 0.681. The van der Waals surface area contributed by atoms with Crippen molar-refractivity contribution in [1.29, 1.82) is 0 Å². The fourth-order valence-corrected chi connectivity index (χ4v) is 17.4. The summed E-state index contributed by atoms with van der Waals surface area (Å²) < 4.78 is 73.2. The predicted octanol–water partition coefficient (Wildman–Crippen LogP) is 10.1. The lowest BCUT2D eigenvalue weighted by Crippen LogP contribution is -2.67. The molecule has 4 saturated carbocycles. The fourth-order valence-electron chi connectivity index (χ4n) is 17.4. The van der Waals surface area contributed by atoms with E-state index in [1.807, 2.05) is 60.7 Å². The van der Waals surface area contributed by atoms with Crippen molar-refractivity contribution in [2.24, 2.45) is 50.2 Å². The second-order valence-corrected chi connectivity index (χ2v) is 28.1. The van der Waals surface area contributed by atoms with Gasteiger partial charge in [0.05, 0.1) is 18.1 Å². The van der Waals surface area contributed by atoms with E-state index < -0.39 is 139 Å². The summed E-state index contributed by atoms with van der Waals surface area (Å²) in [5.41, 5.74) is 1.52. The summed E-state index contributed by atoms with van der Waals surface area (Å²) in [6, 6.07) is 20.1. The maximum atomic E-state index is 15.4. The van der Waals surface area contributed by atoms with Gasteiger partial charge in [0.1, 0.15) is 18.8 Å². The molecule has 0 radical (unpaired) electrons. The molecule has 2 heterocycles. The van der Waals surface area contributed by atoms with Crippen molar-refractivity contribution in [3.8, 4) is 0 Å². The Hall–Kier alpha value is -6.22. The molecule has 0 N–H and O–H groups in total. The zero-order chi connectivity index (χ0) is 64.8. The van der Waals surface area contributed by atoms with Crippen LogP contribution in [0.25, 0.3) is 0 Å². The number of fused-ring (bicyclic) bond motifs is 7. The average Bonchev–Trinajstić information content (AvgIpc) is 0.692. The van der Waals surface area contributed by atoms with Gasteiger partial charge in [-0.15, -0.1) is 0 Å². The van der Waals surface area contributed by atoms with E-state index in [1.165, 1.54) is 12.5 Å². The van der Waals surface area contributed by atoms with Gasteiger partial charge in [0, 0.05) is 48.5 Å². The third kappa shape index (κ3) is 13.4.